The quantitative estimate of drug-likeness (QED) is 0.658. The van der Waals surface area contributed by atoms with Crippen LogP contribution >= 0.6 is 7.14 Å². The average Bonchev–Trinajstić information content (AvgIpc) is 2.03. The SMILES string of the molecule is CP(C)(=O)C(=O)c1ccccc1. The first-order chi connectivity index (χ1) is 5.52. The summed E-state index contributed by atoms with van der Waals surface area (Å²) in [6.45, 7) is 2.98. The second-order valence-electron chi connectivity index (χ2n) is 3.02. The molecule has 0 spiro atoms. The first-order valence-electron chi connectivity index (χ1n) is 3.67. The van der Waals surface area contributed by atoms with Crippen LogP contribution in [0.2, 0.25) is 0 Å². The van der Waals surface area contributed by atoms with Gasteiger partial charge >= 0.3 is 0 Å². The van der Waals surface area contributed by atoms with Gasteiger partial charge in [0, 0.05) is 5.56 Å². The lowest BCUT2D eigenvalue weighted by Crippen LogP contribution is -1.97. The maximum absolute atomic E-state index is 11.4. The maximum atomic E-state index is 11.4. The van der Waals surface area contributed by atoms with Crippen LogP contribution in [0, 0.1) is 0 Å². The summed E-state index contributed by atoms with van der Waals surface area (Å²) in [5.74, 6) is 0. The van der Waals surface area contributed by atoms with Crippen molar-refractivity contribution in [2.24, 2.45) is 0 Å². The molecule has 0 aliphatic rings. The predicted octanol–water partition coefficient (Wildman–Crippen LogP) is 2.45. The number of benzene rings is 1. The van der Waals surface area contributed by atoms with Gasteiger partial charge < -0.3 is 4.57 Å². The van der Waals surface area contributed by atoms with Gasteiger partial charge in [0.25, 0.3) is 0 Å². The summed E-state index contributed by atoms with van der Waals surface area (Å²) in [4.78, 5) is 11.4. The van der Waals surface area contributed by atoms with Crippen LogP contribution in [-0.4, -0.2) is 18.9 Å². The van der Waals surface area contributed by atoms with Crippen LogP contribution in [0.25, 0.3) is 0 Å². The third kappa shape index (κ3) is 2.05. The Morgan fingerprint density at radius 3 is 2.08 bits per heavy atom. The van der Waals surface area contributed by atoms with E-state index in [9.17, 15) is 9.36 Å². The topological polar surface area (TPSA) is 34.1 Å². The fraction of sp³-hybridized carbons (Fsp3) is 0.222. The summed E-state index contributed by atoms with van der Waals surface area (Å²) in [5.41, 5.74) is 0.286. The molecule has 64 valence electrons. The molecule has 1 rings (SSSR count). The summed E-state index contributed by atoms with van der Waals surface area (Å²) in [6.07, 6.45) is 0. The molecule has 0 amide bonds. The molecule has 0 unspecified atom stereocenters. The average molecular weight is 182 g/mol. The molecule has 1 aromatic carbocycles. The van der Waals surface area contributed by atoms with E-state index in [0.29, 0.717) is 5.56 Å². The van der Waals surface area contributed by atoms with Crippen molar-refractivity contribution in [3.63, 3.8) is 0 Å². The predicted molar refractivity (Wildman–Crippen MR) is 50.2 cm³/mol. The summed E-state index contributed by atoms with van der Waals surface area (Å²) < 4.78 is 11.4. The largest absolute Gasteiger partial charge is 0.316 e. The maximum Gasteiger partial charge on any atom is 0.220 e. The standard InChI is InChI=1S/C9H11O2P/c1-12(2,11)9(10)8-6-4-3-5-7-8/h3-7H,1-2H3. The molecule has 1 aromatic rings. The van der Waals surface area contributed by atoms with Gasteiger partial charge in [-0.25, -0.2) is 0 Å². The van der Waals surface area contributed by atoms with E-state index in [1.807, 2.05) is 6.07 Å². The van der Waals surface area contributed by atoms with Gasteiger partial charge in [0.1, 0.15) is 7.14 Å². The molecular weight excluding hydrogens is 171 g/mol. The number of hydrogen-bond donors (Lipinski definition) is 0. The Balaban J connectivity index is 3.03. The number of rotatable bonds is 2. The zero-order valence-corrected chi connectivity index (χ0v) is 8.04. The fourth-order valence-electron chi connectivity index (χ4n) is 0.892. The van der Waals surface area contributed by atoms with Crippen LogP contribution in [0.3, 0.4) is 0 Å². The summed E-state index contributed by atoms with van der Waals surface area (Å²) in [5, 5.41) is 0. The molecule has 2 nitrogen and oxygen atoms in total. The minimum Gasteiger partial charge on any atom is -0.316 e. The van der Waals surface area contributed by atoms with Crippen molar-refractivity contribution in [1.82, 2.24) is 0 Å². The lowest BCUT2D eigenvalue weighted by atomic mass is 10.2. The van der Waals surface area contributed by atoms with Crippen molar-refractivity contribution in [1.29, 1.82) is 0 Å². The van der Waals surface area contributed by atoms with Crippen LogP contribution in [-0.2, 0) is 4.57 Å². The van der Waals surface area contributed by atoms with Crippen molar-refractivity contribution < 1.29 is 9.36 Å². The molecule has 0 bridgehead atoms. The molecule has 0 saturated carbocycles. The van der Waals surface area contributed by atoms with E-state index in [0.717, 1.165) is 0 Å². The molecule has 0 N–H and O–H groups in total. The van der Waals surface area contributed by atoms with Crippen LogP contribution in [0.5, 0.6) is 0 Å². The molecule has 0 aromatic heterocycles. The van der Waals surface area contributed by atoms with Crippen molar-refractivity contribution in [2.45, 2.75) is 0 Å². The second kappa shape index (κ2) is 3.24. The van der Waals surface area contributed by atoms with Gasteiger partial charge in [-0.05, 0) is 13.3 Å². The van der Waals surface area contributed by atoms with Gasteiger partial charge in [-0.15, -0.1) is 0 Å². The highest BCUT2D eigenvalue weighted by molar-refractivity contribution is 7.79. The Morgan fingerprint density at radius 1 is 1.17 bits per heavy atom. The second-order valence-corrected chi connectivity index (χ2v) is 6.13. The Kier molecular flexibility index (Phi) is 2.49. The Morgan fingerprint density at radius 2 is 1.67 bits per heavy atom. The van der Waals surface area contributed by atoms with Crippen molar-refractivity contribution in [3.8, 4) is 0 Å². The molecule has 0 fully saturated rings. The lowest BCUT2D eigenvalue weighted by molar-refractivity contribution is 0.107. The number of carbonyl (C=O) groups excluding carboxylic acids is 1. The molecule has 0 heterocycles. The van der Waals surface area contributed by atoms with E-state index in [4.69, 9.17) is 0 Å². The molecule has 12 heavy (non-hydrogen) atoms. The zero-order valence-electron chi connectivity index (χ0n) is 7.15. The highest BCUT2D eigenvalue weighted by Gasteiger charge is 2.20. The van der Waals surface area contributed by atoms with Crippen LogP contribution in [0.15, 0.2) is 30.3 Å². The van der Waals surface area contributed by atoms with E-state index in [1.165, 1.54) is 13.3 Å². The third-order valence-electron chi connectivity index (χ3n) is 1.51. The van der Waals surface area contributed by atoms with E-state index in [1.54, 1.807) is 24.3 Å². The molecule has 0 aliphatic carbocycles. The van der Waals surface area contributed by atoms with E-state index in [-0.39, 0.29) is 5.52 Å². The van der Waals surface area contributed by atoms with Crippen LogP contribution < -0.4 is 0 Å². The number of hydrogen-bond acceptors (Lipinski definition) is 2. The van der Waals surface area contributed by atoms with Gasteiger partial charge in [-0.1, -0.05) is 30.3 Å². The smallest absolute Gasteiger partial charge is 0.220 e. The van der Waals surface area contributed by atoms with Gasteiger partial charge in [-0.2, -0.15) is 0 Å². The van der Waals surface area contributed by atoms with E-state index >= 15 is 0 Å². The van der Waals surface area contributed by atoms with Gasteiger partial charge in [0.05, 0.1) is 0 Å². The summed E-state index contributed by atoms with van der Waals surface area (Å²) in [6, 6.07) is 8.72. The van der Waals surface area contributed by atoms with Crippen molar-refractivity contribution in [2.75, 3.05) is 13.3 Å². The minimum atomic E-state index is -2.62. The Hall–Kier alpha value is -0.880. The summed E-state index contributed by atoms with van der Waals surface area (Å²) >= 11 is 0. The third-order valence-corrected chi connectivity index (χ3v) is 2.75. The summed E-state index contributed by atoms with van der Waals surface area (Å²) in [7, 11) is -2.62. The van der Waals surface area contributed by atoms with E-state index in [2.05, 4.69) is 0 Å². The minimum absolute atomic E-state index is 0.247. The monoisotopic (exact) mass is 182 g/mol. The van der Waals surface area contributed by atoms with E-state index < -0.39 is 7.14 Å². The van der Waals surface area contributed by atoms with Crippen molar-refractivity contribution in [3.05, 3.63) is 35.9 Å². The first kappa shape index (κ1) is 9.21. The zero-order chi connectivity index (χ0) is 9.19. The Labute approximate surface area is 72.0 Å². The molecule has 0 aliphatic heterocycles. The van der Waals surface area contributed by atoms with Gasteiger partial charge in [0.15, 0.2) is 0 Å². The van der Waals surface area contributed by atoms with Crippen LogP contribution in [0.1, 0.15) is 10.4 Å². The highest BCUT2D eigenvalue weighted by Crippen LogP contribution is 2.39. The normalized spacial score (nSPS) is 11.2. The fourth-order valence-corrected chi connectivity index (χ4v) is 1.66. The molecule has 0 atom stereocenters. The van der Waals surface area contributed by atoms with Gasteiger partial charge in [-0.3, -0.25) is 4.79 Å². The highest BCUT2D eigenvalue weighted by atomic mass is 31.2. The van der Waals surface area contributed by atoms with Gasteiger partial charge in [0.2, 0.25) is 5.52 Å². The molecule has 0 radical (unpaired) electrons. The Bertz CT molecular complexity index is 324. The molecule has 0 saturated heterocycles. The molecular formula is C9H11O2P. The van der Waals surface area contributed by atoms with Crippen LogP contribution in [0.4, 0.5) is 0 Å². The first-order valence-corrected chi connectivity index (χ1v) is 6.27. The van der Waals surface area contributed by atoms with Crippen molar-refractivity contribution >= 4 is 12.7 Å². The lowest BCUT2D eigenvalue weighted by Gasteiger charge is -2.03. The number of carbonyl (C=O) groups is 1. The molecule has 3 heteroatoms.